The van der Waals surface area contributed by atoms with Gasteiger partial charge in [0, 0.05) is 43.4 Å². The van der Waals surface area contributed by atoms with Gasteiger partial charge in [0.25, 0.3) is 0 Å². The minimum atomic E-state index is 1.18. The van der Waals surface area contributed by atoms with E-state index in [0.29, 0.717) is 0 Å². The molecule has 3 nitrogen and oxygen atoms in total. The molecule has 4 heterocycles. The fraction of sp³-hybridized carbons (Fsp3) is 0. The Labute approximate surface area is 187 Å². The maximum atomic E-state index is 3.72. The van der Waals surface area contributed by atoms with Crippen LogP contribution in [-0.2, 0) is 0 Å². The molecule has 33 heavy (non-hydrogen) atoms. The summed E-state index contributed by atoms with van der Waals surface area (Å²) in [5.41, 5.74) is 9.87. The molecule has 0 aliphatic rings. The molecule has 4 aromatic heterocycles. The molecular weight excluding hydrogens is 402 g/mol. The van der Waals surface area contributed by atoms with E-state index >= 15 is 0 Å². The van der Waals surface area contributed by atoms with Gasteiger partial charge >= 0.3 is 0 Å². The number of rotatable bonds is 0. The van der Waals surface area contributed by atoms with Crippen LogP contribution in [0.3, 0.4) is 0 Å². The zero-order chi connectivity index (χ0) is 21.3. The summed E-state index contributed by atoms with van der Waals surface area (Å²) in [6.45, 7) is 0. The molecule has 9 rings (SSSR count). The van der Waals surface area contributed by atoms with Gasteiger partial charge in [-0.3, -0.25) is 0 Å². The fourth-order valence-electron chi connectivity index (χ4n) is 6.33. The van der Waals surface area contributed by atoms with Gasteiger partial charge in [-0.15, -0.1) is 0 Å². The van der Waals surface area contributed by atoms with Crippen molar-refractivity contribution in [3.05, 3.63) is 97.1 Å². The van der Waals surface area contributed by atoms with Crippen LogP contribution in [0.5, 0.6) is 0 Å². The second-order valence-corrected chi connectivity index (χ2v) is 9.09. The lowest BCUT2D eigenvalue weighted by atomic mass is 10.1. The van der Waals surface area contributed by atoms with Gasteiger partial charge in [-0.2, -0.15) is 0 Å². The van der Waals surface area contributed by atoms with E-state index in [1.54, 1.807) is 0 Å². The summed E-state index contributed by atoms with van der Waals surface area (Å²) < 4.78 is 4.97. The van der Waals surface area contributed by atoms with E-state index in [2.05, 4.69) is 111 Å². The molecular formula is C30H17N3. The van der Waals surface area contributed by atoms with Gasteiger partial charge in [-0.05, 0) is 36.4 Å². The summed E-state index contributed by atoms with van der Waals surface area (Å²) >= 11 is 0. The summed E-state index contributed by atoms with van der Waals surface area (Å²) in [6, 6.07) is 35.5. The van der Waals surface area contributed by atoms with Crippen molar-refractivity contribution in [3.63, 3.8) is 0 Å². The van der Waals surface area contributed by atoms with E-state index in [1.165, 1.54) is 76.5 Å². The monoisotopic (exact) mass is 419 g/mol. The van der Waals surface area contributed by atoms with E-state index in [1.807, 2.05) is 0 Å². The minimum Gasteiger partial charge on any atom is -0.354 e. The number of para-hydroxylation sites is 3. The standard InChI is InChI=1S/C30H17N3/c1-3-11-23-17(7-1)19-9-5-14-26-29(19)32(23)25-13-6-10-21-27(25)28-22(31-21)16-15-20-18-8-2-4-12-24(18)33(26)30(20)28/h1-16,31H. The molecule has 9 aromatic rings. The maximum absolute atomic E-state index is 3.72. The smallest absolute Gasteiger partial charge is 0.0782 e. The summed E-state index contributed by atoms with van der Waals surface area (Å²) in [4.78, 5) is 3.72. The van der Waals surface area contributed by atoms with Gasteiger partial charge < -0.3 is 13.8 Å². The van der Waals surface area contributed by atoms with E-state index in [0.717, 1.165) is 0 Å². The van der Waals surface area contributed by atoms with Crippen LogP contribution in [-0.4, -0.2) is 13.8 Å². The Kier molecular flexibility index (Phi) is 2.59. The number of aromatic amines is 1. The predicted molar refractivity (Wildman–Crippen MR) is 139 cm³/mol. The summed E-state index contributed by atoms with van der Waals surface area (Å²) in [5.74, 6) is 0. The Morgan fingerprint density at radius 3 is 1.79 bits per heavy atom. The third-order valence-corrected chi connectivity index (χ3v) is 7.55. The average Bonchev–Trinajstić information content (AvgIpc) is 3.50. The lowest BCUT2D eigenvalue weighted by molar-refractivity contribution is 1.30. The van der Waals surface area contributed by atoms with Crippen molar-refractivity contribution in [1.82, 2.24) is 13.8 Å². The highest BCUT2D eigenvalue weighted by Gasteiger charge is 2.21. The first-order chi connectivity index (χ1) is 16.4. The van der Waals surface area contributed by atoms with Crippen LogP contribution >= 0.6 is 0 Å². The molecule has 0 fully saturated rings. The van der Waals surface area contributed by atoms with Crippen LogP contribution in [0.15, 0.2) is 97.1 Å². The maximum Gasteiger partial charge on any atom is 0.0782 e. The molecule has 0 bridgehead atoms. The van der Waals surface area contributed by atoms with Crippen molar-refractivity contribution in [2.24, 2.45) is 0 Å². The number of H-pyrrole nitrogens is 1. The van der Waals surface area contributed by atoms with Crippen molar-refractivity contribution in [2.45, 2.75) is 0 Å². The van der Waals surface area contributed by atoms with Crippen LogP contribution in [0.2, 0.25) is 0 Å². The topological polar surface area (TPSA) is 24.6 Å². The van der Waals surface area contributed by atoms with Crippen LogP contribution in [0, 0.1) is 0 Å². The molecule has 0 saturated heterocycles. The van der Waals surface area contributed by atoms with Crippen LogP contribution < -0.4 is 0 Å². The van der Waals surface area contributed by atoms with Crippen LogP contribution in [0.25, 0.3) is 76.5 Å². The summed E-state index contributed by atoms with van der Waals surface area (Å²) in [7, 11) is 0. The van der Waals surface area contributed by atoms with Crippen molar-refractivity contribution < 1.29 is 0 Å². The number of aromatic nitrogens is 3. The molecule has 0 radical (unpaired) electrons. The highest BCUT2D eigenvalue weighted by Crippen LogP contribution is 2.43. The Bertz CT molecular complexity index is 2240. The van der Waals surface area contributed by atoms with Crippen molar-refractivity contribution >= 4 is 76.5 Å². The molecule has 3 heteroatoms. The third-order valence-electron chi connectivity index (χ3n) is 7.55. The summed E-state index contributed by atoms with van der Waals surface area (Å²) in [5, 5.41) is 7.76. The SMILES string of the molecule is c1ccc2c(c1)c1ccc3[nH]c4cccc5c4c3c1n2c1cccc2c3ccccc3n5c21. The summed E-state index contributed by atoms with van der Waals surface area (Å²) in [6.07, 6.45) is 0. The molecule has 152 valence electrons. The van der Waals surface area contributed by atoms with Gasteiger partial charge in [0.1, 0.15) is 0 Å². The van der Waals surface area contributed by atoms with Gasteiger partial charge in [0.2, 0.25) is 0 Å². The molecule has 5 aromatic carbocycles. The van der Waals surface area contributed by atoms with Gasteiger partial charge in [0.05, 0.1) is 33.1 Å². The minimum absolute atomic E-state index is 1.18. The quantitative estimate of drug-likeness (QED) is 0.259. The molecule has 0 atom stereocenters. The first-order valence-corrected chi connectivity index (χ1v) is 11.4. The number of hydrogen-bond acceptors (Lipinski definition) is 0. The second kappa shape index (κ2) is 5.28. The largest absolute Gasteiger partial charge is 0.354 e. The average molecular weight is 419 g/mol. The van der Waals surface area contributed by atoms with Crippen LogP contribution in [0.1, 0.15) is 0 Å². The van der Waals surface area contributed by atoms with Gasteiger partial charge in [-0.1, -0.05) is 60.7 Å². The Balaban J connectivity index is 1.86. The van der Waals surface area contributed by atoms with E-state index in [-0.39, 0.29) is 0 Å². The third kappa shape index (κ3) is 1.70. The lowest BCUT2D eigenvalue weighted by Gasteiger charge is -2.09. The molecule has 0 aliphatic heterocycles. The van der Waals surface area contributed by atoms with Crippen LogP contribution in [0.4, 0.5) is 0 Å². The lowest BCUT2D eigenvalue weighted by Crippen LogP contribution is -1.93. The zero-order valence-electron chi connectivity index (χ0n) is 17.6. The molecule has 0 saturated carbocycles. The first kappa shape index (κ1) is 16.2. The normalized spacial score (nSPS) is 12.8. The zero-order valence-corrected chi connectivity index (χ0v) is 17.6. The van der Waals surface area contributed by atoms with Crippen molar-refractivity contribution in [3.8, 4) is 0 Å². The molecule has 0 unspecified atom stereocenters. The number of nitrogens with zero attached hydrogens (tertiary/aromatic N) is 2. The van der Waals surface area contributed by atoms with E-state index in [4.69, 9.17) is 0 Å². The molecule has 0 aliphatic carbocycles. The predicted octanol–water partition coefficient (Wildman–Crippen LogP) is 7.88. The molecule has 1 N–H and O–H groups in total. The van der Waals surface area contributed by atoms with Crippen molar-refractivity contribution in [1.29, 1.82) is 0 Å². The van der Waals surface area contributed by atoms with Gasteiger partial charge in [-0.25, -0.2) is 0 Å². The number of hydrogen-bond donors (Lipinski definition) is 1. The Morgan fingerprint density at radius 2 is 0.970 bits per heavy atom. The van der Waals surface area contributed by atoms with Crippen molar-refractivity contribution in [2.75, 3.05) is 0 Å². The Hall–Kier alpha value is -4.50. The van der Waals surface area contributed by atoms with E-state index in [9.17, 15) is 0 Å². The second-order valence-electron chi connectivity index (χ2n) is 9.09. The van der Waals surface area contributed by atoms with E-state index < -0.39 is 0 Å². The number of benzene rings is 5. The van der Waals surface area contributed by atoms with Gasteiger partial charge in [0.15, 0.2) is 0 Å². The highest BCUT2D eigenvalue weighted by molar-refractivity contribution is 6.30. The highest BCUT2D eigenvalue weighted by atomic mass is 15.0. The fourth-order valence-corrected chi connectivity index (χ4v) is 6.33. The number of fused-ring (bicyclic) bond motifs is 8. The molecule has 0 spiro atoms. The number of nitrogens with one attached hydrogen (secondary N) is 1. The first-order valence-electron chi connectivity index (χ1n) is 11.4. The Morgan fingerprint density at radius 1 is 0.394 bits per heavy atom. The molecule has 0 amide bonds.